The second-order valence-electron chi connectivity index (χ2n) is 10.7. The van der Waals surface area contributed by atoms with Crippen molar-refractivity contribution >= 4 is 23.5 Å². The topological polar surface area (TPSA) is 88.5 Å². The zero-order valence-electron chi connectivity index (χ0n) is 24.8. The number of hydrogen-bond donors (Lipinski definition) is 2. The van der Waals surface area contributed by atoms with Crippen molar-refractivity contribution in [1.29, 1.82) is 0 Å². The van der Waals surface area contributed by atoms with Crippen molar-refractivity contribution in [1.82, 2.24) is 10.3 Å². The number of ether oxygens (including phenoxy) is 1. The van der Waals surface area contributed by atoms with E-state index in [9.17, 15) is 44.7 Å². The van der Waals surface area contributed by atoms with E-state index in [4.69, 9.17) is 16.7 Å². The second kappa shape index (κ2) is 14.8. The average molecular weight is 719 g/mol. The first-order valence-corrected chi connectivity index (χ1v) is 14.5. The highest BCUT2D eigenvalue weighted by Gasteiger charge is 2.45. The predicted molar refractivity (Wildman–Crippen MR) is 158 cm³/mol. The average Bonchev–Trinajstić information content (AvgIpc) is 3.00. The summed E-state index contributed by atoms with van der Waals surface area (Å²) in [5.74, 6) is -6.48. The van der Waals surface area contributed by atoms with Crippen LogP contribution in [0.3, 0.4) is 0 Å². The van der Waals surface area contributed by atoms with Crippen LogP contribution < -0.4 is 10.1 Å². The number of carboxylic acids is 1. The number of aryl methyl sites for hydroxylation is 1. The van der Waals surface area contributed by atoms with Gasteiger partial charge in [-0.1, -0.05) is 35.9 Å². The van der Waals surface area contributed by atoms with Crippen LogP contribution in [0, 0.1) is 11.6 Å². The number of alkyl halides is 7. The smallest absolute Gasteiger partial charge is 0.461 e. The number of rotatable bonds is 13. The van der Waals surface area contributed by atoms with Gasteiger partial charge in [-0.05, 0) is 72.0 Å². The molecule has 4 rings (SSSR count). The molecular formula is C33H24ClF9N2O4. The van der Waals surface area contributed by atoms with E-state index in [1.807, 2.05) is 0 Å². The van der Waals surface area contributed by atoms with Crippen LogP contribution in [0.2, 0.25) is 5.02 Å². The number of aliphatic carboxylic acids is 1. The fourth-order valence-corrected chi connectivity index (χ4v) is 5.17. The zero-order valence-corrected chi connectivity index (χ0v) is 25.6. The molecule has 6 nitrogen and oxygen atoms in total. The van der Waals surface area contributed by atoms with E-state index in [1.54, 1.807) is 18.2 Å². The normalized spacial score (nSPS) is 13.2. The van der Waals surface area contributed by atoms with E-state index in [0.717, 1.165) is 24.4 Å². The van der Waals surface area contributed by atoms with E-state index in [2.05, 4.69) is 15.0 Å². The molecule has 0 aliphatic heterocycles. The lowest BCUT2D eigenvalue weighted by Crippen LogP contribution is -2.49. The van der Waals surface area contributed by atoms with E-state index in [0.29, 0.717) is 23.3 Å². The van der Waals surface area contributed by atoms with Crippen LogP contribution in [-0.2, 0) is 29.4 Å². The van der Waals surface area contributed by atoms with E-state index in [1.165, 1.54) is 18.2 Å². The van der Waals surface area contributed by atoms with Gasteiger partial charge in [-0.3, -0.25) is 14.6 Å². The number of amides is 1. The molecule has 4 aromatic rings. The highest BCUT2D eigenvalue weighted by molar-refractivity contribution is 6.30. The lowest BCUT2D eigenvalue weighted by molar-refractivity contribution is -0.253. The number of halogens is 10. The zero-order chi connectivity index (χ0) is 36.1. The van der Waals surface area contributed by atoms with E-state index < -0.39 is 76.6 Å². The maximum Gasteiger partial charge on any atom is 0.461 e. The van der Waals surface area contributed by atoms with Crippen LogP contribution in [-0.4, -0.2) is 34.5 Å². The predicted octanol–water partition coefficient (Wildman–Crippen LogP) is 8.59. The summed E-state index contributed by atoms with van der Waals surface area (Å²) in [5, 5.41) is 11.7. The molecule has 49 heavy (non-hydrogen) atoms. The molecule has 1 heterocycles. The number of carboxylic acid groups (broad SMARTS) is 1. The standard InChI is InChI=1S/C33H24ClF9N2O4/c34-22-9-11-27(44-17-22)31(16-20-5-2-1-4-18(20)6-3-7-28(46)47,21-13-23(35)15-24(14-21)49-33(42,43)30(37)38)45-29(48)19-8-10-26(36)25(12-19)32(39,40)41/h1-2,4-5,8-15,17,30H,3,6-7,16H2,(H,45,48)(H,46,47)/t31-/m0/s1. The Hall–Kier alpha value is -4.79. The monoisotopic (exact) mass is 718 g/mol. The Kier molecular flexibility index (Phi) is 11.2. The maximum atomic E-state index is 15.2. The molecule has 0 spiro atoms. The Morgan fingerprint density at radius 3 is 2.22 bits per heavy atom. The third kappa shape index (κ3) is 9.02. The van der Waals surface area contributed by atoms with Crippen LogP contribution in [0.4, 0.5) is 39.5 Å². The first-order chi connectivity index (χ1) is 22.9. The minimum Gasteiger partial charge on any atom is -0.481 e. The lowest BCUT2D eigenvalue weighted by atomic mass is 9.78. The van der Waals surface area contributed by atoms with Crippen molar-refractivity contribution < 1.29 is 58.9 Å². The van der Waals surface area contributed by atoms with E-state index in [-0.39, 0.29) is 36.0 Å². The number of nitrogens with one attached hydrogen (secondary N) is 1. The van der Waals surface area contributed by atoms with Crippen LogP contribution in [0.1, 0.15) is 51.1 Å². The van der Waals surface area contributed by atoms with Crippen LogP contribution in [0.15, 0.2) is 79.0 Å². The minimum atomic E-state index is -5.21. The van der Waals surface area contributed by atoms with Gasteiger partial charge >= 0.3 is 24.7 Å². The molecule has 0 radical (unpaired) electrons. The van der Waals surface area contributed by atoms with Crippen molar-refractivity contribution in [3.63, 3.8) is 0 Å². The van der Waals surface area contributed by atoms with Crippen molar-refractivity contribution in [2.45, 2.75) is 49.9 Å². The van der Waals surface area contributed by atoms with Gasteiger partial charge in [0.05, 0.1) is 16.3 Å². The Bertz CT molecular complexity index is 1820. The third-order valence-electron chi connectivity index (χ3n) is 7.31. The van der Waals surface area contributed by atoms with Gasteiger partial charge < -0.3 is 15.2 Å². The first kappa shape index (κ1) is 37.0. The number of benzene rings is 3. The van der Waals surface area contributed by atoms with Crippen LogP contribution >= 0.6 is 11.6 Å². The number of pyridine rings is 1. The van der Waals surface area contributed by atoms with Gasteiger partial charge in [-0.15, -0.1) is 0 Å². The lowest BCUT2D eigenvalue weighted by Gasteiger charge is -2.36. The number of carbonyl (C=O) groups is 2. The summed E-state index contributed by atoms with van der Waals surface area (Å²) in [6, 6.07) is 12.0. The molecule has 260 valence electrons. The molecule has 0 saturated heterocycles. The number of nitrogens with zero attached hydrogens (tertiary/aromatic N) is 1. The highest BCUT2D eigenvalue weighted by atomic mass is 35.5. The summed E-state index contributed by atoms with van der Waals surface area (Å²) in [4.78, 5) is 29.2. The van der Waals surface area contributed by atoms with Crippen molar-refractivity contribution in [3.05, 3.63) is 129 Å². The van der Waals surface area contributed by atoms with Gasteiger partial charge in [0.1, 0.15) is 22.9 Å². The molecule has 0 aliphatic carbocycles. The largest absolute Gasteiger partial charge is 0.481 e. The quantitative estimate of drug-likeness (QED) is 0.135. The maximum absolute atomic E-state index is 15.2. The molecule has 0 fully saturated rings. The second-order valence-corrected chi connectivity index (χ2v) is 11.2. The Morgan fingerprint density at radius 1 is 0.918 bits per heavy atom. The van der Waals surface area contributed by atoms with Crippen LogP contribution in [0.5, 0.6) is 5.75 Å². The Balaban J connectivity index is 1.98. The Morgan fingerprint density at radius 2 is 1.61 bits per heavy atom. The molecule has 0 bridgehead atoms. The van der Waals surface area contributed by atoms with Gasteiger partial charge in [0.2, 0.25) is 0 Å². The number of hydrogen-bond acceptors (Lipinski definition) is 4. The summed E-state index contributed by atoms with van der Waals surface area (Å²) < 4.78 is 128. The molecule has 1 aromatic heterocycles. The molecule has 0 saturated carbocycles. The Labute approximate surface area is 277 Å². The molecule has 0 unspecified atom stereocenters. The van der Waals surface area contributed by atoms with Crippen molar-refractivity contribution in [2.24, 2.45) is 0 Å². The summed E-state index contributed by atoms with van der Waals surface area (Å²) in [6.07, 6.45) is -13.9. The van der Waals surface area contributed by atoms with Gasteiger partial charge in [-0.2, -0.15) is 30.7 Å². The molecule has 0 aliphatic rings. The SMILES string of the molecule is O=C(O)CCCc1ccccc1C[C@](NC(=O)c1ccc(F)c(C(F)(F)F)c1)(c1cc(F)cc(OC(F)(F)C(F)F)c1)c1ccc(Cl)cn1. The van der Waals surface area contributed by atoms with Crippen molar-refractivity contribution in [2.75, 3.05) is 0 Å². The fraction of sp³-hybridized carbons (Fsp3) is 0.242. The summed E-state index contributed by atoms with van der Waals surface area (Å²) in [7, 11) is 0. The molecule has 2 N–H and O–H groups in total. The fourth-order valence-electron chi connectivity index (χ4n) is 5.06. The van der Waals surface area contributed by atoms with Gasteiger partial charge in [0.15, 0.2) is 0 Å². The summed E-state index contributed by atoms with van der Waals surface area (Å²) in [5.41, 5.74) is -4.47. The van der Waals surface area contributed by atoms with E-state index >= 15 is 4.39 Å². The first-order valence-electron chi connectivity index (χ1n) is 14.2. The highest BCUT2D eigenvalue weighted by Crippen LogP contribution is 2.39. The molecule has 16 heteroatoms. The third-order valence-corrected chi connectivity index (χ3v) is 7.53. The molecule has 3 aromatic carbocycles. The summed E-state index contributed by atoms with van der Waals surface area (Å²) >= 11 is 6.03. The molecular weight excluding hydrogens is 695 g/mol. The summed E-state index contributed by atoms with van der Waals surface area (Å²) in [6.45, 7) is 0. The van der Waals surface area contributed by atoms with Crippen LogP contribution in [0.25, 0.3) is 0 Å². The van der Waals surface area contributed by atoms with Crippen molar-refractivity contribution in [3.8, 4) is 5.75 Å². The number of carbonyl (C=O) groups excluding carboxylic acids is 1. The van der Waals surface area contributed by atoms with Gasteiger partial charge in [-0.25, -0.2) is 8.78 Å². The van der Waals surface area contributed by atoms with Gasteiger partial charge in [0, 0.05) is 30.7 Å². The minimum absolute atomic E-state index is 0.0613. The molecule has 1 atom stereocenters. The van der Waals surface area contributed by atoms with Gasteiger partial charge in [0.25, 0.3) is 5.91 Å². The number of aromatic nitrogens is 1. The molecule has 1 amide bonds.